The van der Waals surface area contributed by atoms with Crippen LogP contribution in [0.5, 0.6) is 0 Å². The second-order valence-corrected chi connectivity index (χ2v) is 7.21. The van der Waals surface area contributed by atoms with E-state index in [1.165, 1.54) is 45.2 Å². The lowest BCUT2D eigenvalue weighted by atomic mass is 10.0. The van der Waals surface area contributed by atoms with Crippen LogP contribution in [0.1, 0.15) is 39.0 Å². The topological polar surface area (TPSA) is 38.7 Å². The molecule has 4 heteroatoms. The minimum atomic E-state index is -0.122. The average molecular weight is 267 g/mol. The van der Waals surface area contributed by atoms with Crippen molar-refractivity contribution in [2.75, 3.05) is 33.3 Å². The molecule has 2 bridgehead atoms. The van der Waals surface area contributed by atoms with E-state index in [4.69, 9.17) is 0 Å². The second kappa shape index (κ2) is 5.32. The fourth-order valence-electron chi connectivity index (χ4n) is 3.88. The smallest absolute Gasteiger partial charge is 0.0623 e. The van der Waals surface area contributed by atoms with Crippen LogP contribution >= 0.6 is 0 Å². The molecular formula is C15H29N3O. The lowest BCUT2D eigenvalue weighted by Crippen LogP contribution is -2.56. The van der Waals surface area contributed by atoms with Crippen LogP contribution in [0.3, 0.4) is 0 Å². The van der Waals surface area contributed by atoms with E-state index in [-0.39, 0.29) is 12.1 Å². The van der Waals surface area contributed by atoms with Gasteiger partial charge in [0.1, 0.15) is 0 Å². The normalized spacial score (nSPS) is 36.2. The van der Waals surface area contributed by atoms with E-state index < -0.39 is 0 Å². The molecule has 0 aromatic carbocycles. The van der Waals surface area contributed by atoms with E-state index in [2.05, 4.69) is 29.1 Å². The first kappa shape index (κ1) is 13.8. The zero-order valence-corrected chi connectivity index (χ0v) is 12.4. The number of nitrogens with zero attached hydrogens (tertiary/aromatic N) is 2. The van der Waals surface area contributed by atoms with Crippen molar-refractivity contribution in [3.8, 4) is 0 Å². The number of hydrogen-bond acceptors (Lipinski definition) is 4. The number of aliphatic hydroxyl groups excluding tert-OH is 1. The molecule has 0 amide bonds. The molecule has 19 heavy (non-hydrogen) atoms. The highest BCUT2D eigenvalue weighted by molar-refractivity contribution is 4.97. The van der Waals surface area contributed by atoms with E-state index in [0.717, 1.165) is 18.6 Å². The third-order valence-corrected chi connectivity index (χ3v) is 5.28. The van der Waals surface area contributed by atoms with Crippen molar-refractivity contribution in [1.82, 2.24) is 15.1 Å². The Morgan fingerprint density at radius 1 is 1.16 bits per heavy atom. The summed E-state index contributed by atoms with van der Waals surface area (Å²) < 4.78 is 0. The maximum absolute atomic E-state index is 9.75. The Hall–Kier alpha value is -0.160. The summed E-state index contributed by atoms with van der Waals surface area (Å²) in [6.45, 7) is 5.77. The van der Waals surface area contributed by atoms with Gasteiger partial charge in [0.15, 0.2) is 0 Å². The van der Waals surface area contributed by atoms with Gasteiger partial charge >= 0.3 is 0 Å². The molecule has 1 aliphatic carbocycles. The van der Waals surface area contributed by atoms with Crippen LogP contribution in [0.15, 0.2) is 0 Å². The summed E-state index contributed by atoms with van der Waals surface area (Å²) in [4.78, 5) is 5.16. The highest BCUT2D eigenvalue weighted by Gasteiger charge is 2.38. The number of likely N-dealkylation sites (N-methyl/N-ethyl adjacent to an activating group) is 1. The van der Waals surface area contributed by atoms with Gasteiger partial charge in [0, 0.05) is 31.2 Å². The Labute approximate surface area is 117 Å². The molecule has 0 aromatic heterocycles. The molecule has 3 atom stereocenters. The number of fused-ring (bicyclic) bond motifs is 2. The molecule has 3 fully saturated rings. The van der Waals surface area contributed by atoms with Crippen molar-refractivity contribution < 1.29 is 5.11 Å². The Balaban J connectivity index is 1.59. The number of hydrogen-bond donors (Lipinski definition) is 2. The summed E-state index contributed by atoms with van der Waals surface area (Å²) in [6.07, 6.45) is 6.58. The molecule has 0 aromatic rings. The van der Waals surface area contributed by atoms with Crippen molar-refractivity contribution in [1.29, 1.82) is 0 Å². The van der Waals surface area contributed by atoms with Gasteiger partial charge in [0.25, 0.3) is 0 Å². The van der Waals surface area contributed by atoms with Crippen molar-refractivity contribution in [2.45, 2.75) is 62.7 Å². The molecule has 2 N–H and O–H groups in total. The predicted octanol–water partition coefficient (Wildman–Crippen LogP) is 0.658. The van der Waals surface area contributed by atoms with Crippen molar-refractivity contribution in [3.63, 3.8) is 0 Å². The van der Waals surface area contributed by atoms with Crippen LogP contribution in [0, 0.1) is 0 Å². The van der Waals surface area contributed by atoms with Crippen LogP contribution in [-0.2, 0) is 0 Å². The third-order valence-electron chi connectivity index (χ3n) is 5.28. The van der Waals surface area contributed by atoms with Gasteiger partial charge in [-0.3, -0.25) is 9.80 Å². The lowest BCUT2D eigenvalue weighted by molar-refractivity contribution is 0.112. The molecule has 2 heterocycles. The van der Waals surface area contributed by atoms with E-state index in [1.807, 2.05) is 0 Å². The van der Waals surface area contributed by atoms with Crippen LogP contribution in [0.2, 0.25) is 0 Å². The summed E-state index contributed by atoms with van der Waals surface area (Å²) >= 11 is 0. The van der Waals surface area contributed by atoms with Gasteiger partial charge < -0.3 is 10.4 Å². The summed E-state index contributed by atoms with van der Waals surface area (Å²) in [7, 11) is 2.29. The molecule has 4 nitrogen and oxygen atoms in total. The zero-order chi connectivity index (χ0) is 13.5. The summed E-state index contributed by atoms with van der Waals surface area (Å²) in [5, 5.41) is 13.4. The van der Waals surface area contributed by atoms with Gasteiger partial charge in [-0.05, 0) is 52.6 Å². The van der Waals surface area contributed by atoms with Crippen LogP contribution in [0.25, 0.3) is 0 Å². The predicted molar refractivity (Wildman–Crippen MR) is 77.3 cm³/mol. The van der Waals surface area contributed by atoms with E-state index >= 15 is 0 Å². The van der Waals surface area contributed by atoms with Crippen LogP contribution in [-0.4, -0.2) is 71.9 Å². The second-order valence-electron chi connectivity index (χ2n) is 7.21. The first-order valence-corrected chi connectivity index (χ1v) is 7.92. The van der Waals surface area contributed by atoms with Gasteiger partial charge in [-0.25, -0.2) is 0 Å². The third kappa shape index (κ3) is 3.13. The first-order valence-electron chi connectivity index (χ1n) is 7.92. The molecule has 3 aliphatic rings. The van der Waals surface area contributed by atoms with E-state index in [1.54, 1.807) is 0 Å². The molecule has 3 unspecified atom stereocenters. The fourth-order valence-corrected chi connectivity index (χ4v) is 3.88. The number of nitrogens with one attached hydrogen (secondary N) is 1. The molecule has 0 radical (unpaired) electrons. The monoisotopic (exact) mass is 267 g/mol. The molecule has 110 valence electrons. The Morgan fingerprint density at radius 3 is 2.58 bits per heavy atom. The van der Waals surface area contributed by atoms with Crippen molar-refractivity contribution in [2.24, 2.45) is 0 Å². The maximum Gasteiger partial charge on any atom is 0.0623 e. The number of likely N-dealkylation sites (tertiary alicyclic amines) is 1. The fraction of sp³-hybridized carbons (Fsp3) is 1.00. The molecular weight excluding hydrogens is 238 g/mol. The van der Waals surface area contributed by atoms with Crippen LogP contribution in [0.4, 0.5) is 0 Å². The largest absolute Gasteiger partial charge is 0.394 e. The van der Waals surface area contributed by atoms with E-state index in [9.17, 15) is 5.11 Å². The summed E-state index contributed by atoms with van der Waals surface area (Å²) in [5.41, 5.74) is -0.122. The van der Waals surface area contributed by atoms with Gasteiger partial charge in [-0.15, -0.1) is 0 Å². The van der Waals surface area contributed by atoms with E-state index in [0.29, 0.717) is 6.04 Å². The van der Waals surface area contributed by atoms with Gasteiger partial charge in [0.05, 0.1) is 12.1 Å². The highest BCUT2D eigenvalue weighted by Crippen LogP contribution is 2.29. The Morgan fingerprint density at radius 2 is 1.89 bits per heavy atom. The summed E-state index contributed by atoms with van der Waals surface area (Å²) in [6, 6.07) is 2.19. The first-order chi connectivity index (χ1) is 9.09. The average Bonchev–Trinajstić information content (AvgIpc) is 3.11. The zero-order valence-electron chi connectivity index (χ0n) is 12.4. The molecule has 1 saturated carbocycles. The molecule has 0 spiro atoms. The maximum atomic E-state index is 9.75. The SMILES string of the molecule is CN1C2CCC1CN(CC(C)(CO)NC1CC1)CC2. The number of rotatable bonds is 5. The minimum absolute atomic E-state index is 0.122. The lowest BCUT2D eigenvalue weighted by Gasteiger charge is -2.36. The Bertz CT molecular complexity index is 321. The van der Waals surface area contributed by atoms with Crippen LogP contribution < -0.4 is 5.32 Å². The summed E-state index contributed by atoms with van der Waals surface area (Å²) in [5.74, 6) is 0. The molecule has 3 rings (SSSR count). The highest BCUT2D eigenvalue weighted by atomic mass is 16.3. The quantitative estimate of drug-likeness (QED) is 0.767. The van der Waals surface area contributed by atoms with Gasteiger partial charge in [0.2, 0.25) is 0 Å². The number of aliphatic hydroxyl groups is 1. The Kier molecular flexibility index (Phi) is 3.87. The van der Waals surface area contributed by atoms with Crippen molar-refractivity contribution in [3.05, 3.63) is 0 Å². The van der Waals surface area contributed by atoms with Gasteiger partial charge in [-0.2, -0.15) is 0 Å². The van der Waals surface area contributed by atoms with Crippen molar-refractivity contribution >= 4 is 0 Å². The molecule has 2 saturated heterocycles. The molecule has 2 aliphatic heterocycles. The minimum Gasteiger partial charge on any atom is -0.394 e. The standard InChI is InChI=1S/C15H29N3O/c1-15(11-19,16-12-3-4-12)10-18-8-7-13-5-6-14(9-18)17(13)2/h12-14,16,19H,3-11H2,1-2H3. The van der Waals surface area contributed by atoms with Gasteiger partial charge in [-0.1, -0.05) is 0 Å².